The highest BCUT2D eigenvalue weighted by Crippen LogP contribution is 1.87. The van der Waals surface area contributed by atoms with E-state index in [0.29, 0.717) is 0 Å². The smallest absolute Gasteiger partial charge is 0.245 e. The molecule has 0 saturated heterocycles. The quantitative estimate of drug-likeness (QED) is 0.497. The van der Waals surface area contributed by atoms with Gasteiger partial charge in [0.25, 0.3) is 0 Å². The third-order valence-electron chi connectivity index (χ3n) is 0.529. The van der Waals surface area contributed by atoms with E-state index in [4.69, 9.17) is 0 Å². The molecule has 0 unspecified atom stereocenters. The monoisotopic (exact) mass is 99.0 g/mol. The van der Waals surface area contributed by atoms with Crippen LogP contribution in [0.25, 0.3) is 0 Å². The van der Waals surface area contributed by atoms with E-state index in [1.807, 2.05) is 0 Å². The first-order valence-electron chi connectivity index (χ1n) is 1.76. The summed E-state index contributed by atoms with van der Waals surface area (Å²) in [4.78, 5) is 0. The van der Waals surface area contributed by atoms with Crippen LogP contribution in [0.2, 0.25) is 0 Å². The fourth-order valence-electron chi connectivity index (χ4n) is 0.259. The summed E-state index contributed by atoms with van der Waals surface area (Å²) in [5.74, 6) is 0.139. The minimum absolute atomic E-state index is 0.139. The van der Waals surface area contributed by atoms with Crippen LogP contribution in [-0.4, -0.2) is 10.2 Å². The topological polar surface area (TPSA) is 58.8 Å². The summed E-state index contributed by atoms with van der Waals surface area (Å²) in [6.07, 6.45) is 1.13. The SMILES string of the molecule is [O]Cc1nnco1. The zero-order chi connectivity index (χ0) is 5.11. The summed E-state index contributed by atoms with van der Waals surface area (Å²) in [6.45, 7) is -0.431. The summed E-state index contributed by atoms with van der Waals surface area (Å²) in [6, 6.07) is 0. The minimum atomic E-state index is -0.431. The van der Waals surface area contributed by atoms with Crippen molar-refractivity contribution in [2.75, 3.05) is 0 Å². The van der Waals surface area contributed by atoms with Crippen LogP contribution in [0.1, 0.15) is 5.89 Å². The lowest BCUT2D eigenvalue weighted by Crippen LogP contribution is -1.77. The van der Waals surface area contributed by atoms with Gasteiger partial charge in [-0.25, -0.2) is 5.11 Å². The molecule has 4 heteroatoms. The Hall–Kier alpha value is -0.900. The van der Waals surface area contributed by atoms with Gasteiger partial charge in [-0.3, -0.25) is 0 Å². The molecule has 1 aromatic heterocycles. The molecule has 0 amide bonds. The van der Waals surface area contributed by atoms with Crippen LogP contribution in [-0.2, 0) is 11.7 Å². The molecule has 0 atom stereocenters. The highest BCUT2D eigenvalue weighted by atomic mass is 16.4. The van der Waals surface area contributed by atoms with Crippen molar-refractivity contribution in [3.63, 3.8) is 0 Å². The number of rotatable bonds is 1. The Kier molecular flexibility index (Phi) is 1.04. The third-order valence-corrected chi connectivity index (χ3v) is 0.529. The zero-order valence-corrected chi connectivity index (χ0v) is 3.50. The van der Waals surface area contributed by atoms with Crippen LogP contribution < -0.4 is 0 Å². The van der Waals surface area contributed by atoms with E-state index in [1.165, 1.54) is 0 Å². The van der Waals surface area contributed by atoms with Crippen LogP contribution in [0.4, 0.5) is 0 Å². The fourth-order valence-corrected chi connectivity index (χ4v) is 0.259. The van der Waals surface area contributed by atoms with E-state index in [-0.39, 0.29) is 5.89 Å². The standard InChI is InChI=1S/C3H3N2O2/c6-1-3-5-4-2-7-3/h2H,1H2. The van der Waals surface area contributed by atoms with E-state index < -0.39 is 6.61 Å². The molecule has 1 radical (unpaired) electrons. The van der Waals surface area contributed by atoms with Gasteiger partial charge in [-0.15, -0.1) is 10.2 Å². The molecular formula is C3H3N2O2. The van der Waals surface area contributed by atoms with Crippen LogP contribution in [0.15, 0.2) is 10.8 Å². The Balaban J connectivity index is 2.76. The summed E-state index contributed by atoms with van der Waals surface area (Å²) in [7, 11) is 0. The first-order chi connectivity index (χ1) is 3.43. The van der Waals surface area contributed by atoms with Gasteiger partial charge >= 0.3 is 0 Å². The first kappa shape index (κ1) is 4.26. The Morgan fingerprint density at radius 2 is 2.71 bits per heavy atom. The second-order valence-corrected chi connectivity index (χ2v) is 0.977. The summed E-state index contributed by atoms with van der Waals surface area (Å²) < 4.78 is 4.45. The van der Waals surface area contributed by atoms with E-state index in [0.717, 1.165) is 6.39 Å². The molecule has 1 rings (SSSR count). The molecular weight excluding hydrogens is 96.0 g/mol. The van der Waals surface area contributed by atoms with Crippen LogP contribution in [0.3, 0.4) is 0 Å². The molecule has 0 fully saturated rings. The Labute approximate surface area is 39.8 Å². The lowest BCUT2D eigenvalue weighted by Gasteiger charge is -1.72. The molecule has 0 aliphatic heterocycles. The van der Waals surface area contributed by atoms with Crippen molar-refractivity contribution in [3.8, 4) is 0 Å². The predicted molar refractivity (Wildman–Crippen MR) is 18.7 cm³/mol. The van der Waals surface area contributed by atoms with Gasteiger partial charge in [0.15, 0.2) is 6.61 Å². The van der Waals surface area contributed by atoms with Gasteiger partial charge in [-0.2, -0.15) is 0 Å². The Morgan fingerprint density at radius 3 is 3.00 bits per heavy atom. The van der Waals surface area contributed by atoms with Crippen molar-refractivity contribution >= 4 is 0 Å². The van der Waals surface area contributed by atoms with E-state index >= 15 is 0 Å². The molecule has 1 aromatic rings. The number of hydrogen-bond donors (Lipinski definition) is 0. The Bertz CT molecular complexity index is 125. The van der Waals surface area contributed by atoms with Crippen LogP contribution >= 0.6 is 0 Å². The van der Waals surface area contributed by atoms with Crippen molar-refractivity contribution in [1.82, 2.24) is 10.2 Å². The van der Waals surface area contributed by atoms with Gasteiger partial charge < -0.3 is 4.42 Å². The maximum Gasteiger partial charge on any atom is 0.245 e. The largest absolute Gasteiger partial charge is 0.425 e. The van der Waals surface area contributed by atoms with Crippen molar-refractivity contribution in [2.24, 2.45) is 0 Å². The molecule has 0 aliphatic rings. The average molecular weight is 99.1 g/mol. The van der Waals surface area contributed by atoms with Crippen molar-refractivity contribution in [3.05, 3.63) is 12.3 Å². The van der Waals surface area contributed by atoms with Crippen molar-refractivity contribution in [2.45, 2.75) is 6.61 Å². The number of nitrogens with zero attached hydrogens (tertiary/aromatic N) is 2. The zero-order valence-electron chi connectivity index (χ0n) is 3.50. The van der Waals surface area contributed by atoms with E-state index in [2.05, 4.69) is 14.6 Å². The van der Waals surface area contributed by atoms with Crippen molar-refractivity contribution in [1.29, 1.82) is 0 Å². The van der Waals surface area contributed by atoms with Crippen LogP contribution in [0, 0.1) is 0 Å². The molecule has 0 aliphatic carbocycles. The van der Waals surface area contributed by atoms with Gasteiger partial charge in [0.1, 0.15) is 0 Å². The second kappa shape index (κ2) is 1.70. The van der Waals surface area contributed by atoms with E-state index in [1.54, 1.807) is 0 Å². The molecule has 0 spiro atoms. The predicted octanol–water partition coefficient (Wildman–Crippen LogP) is 0.0001000. The molecule has 4 nitrogen and oxygen atoms in total. The highest BCUT2D eigenvalue weighted by molar-refractivity contribution is 4.64. The van der Waals surface area contributed by atoms with Gasteiger partial charge in [0.2, 0.25) is 12.3 Å². The molecule has 37 valence electrons. The number of hydrogen-bond acceptors (Lipinski definition) is 3. The lowest BCUT2D eigenvalue weighted by atomic mass is 10.7. The van der Waals surface area contributed by atoms with Gasteiger partial charge in [-0.05, 0) is 0 Å². The normalized spacial score (nSPS) is 9.29. The van der Waals surface area contributed by atoms with Gasteiger partial charge in [-0.1, -0.05) is 0 Å². The fraction of sp³-hybridized carbons (Fsp3) is 0.333. The number of aromatic nitrogens is 2. The summed E-state index contributed by atoms with van der Waals surface area (Å²) in [5.41, 5.74) is 0. The molecule has 0 bridgehead atoms. The lowest BCUT2D eigenvalue weighted by molar-refractivity contribution is 0.150. The van der Waals surface area contributed by atoms with E-state index in [9.17, 15) is 5.11 Å². The molecule has 0 aromatic carbocycles. The average Bonchev–Trinajstić information content (AvgIpc) is 2.14. The summed E-state index contributed by atoms with van der Waals surface area (Å²) >= 11 is 0. The molecule has 0 N–H and O–H groups in total. The maximum atomic E-state index is 9.80. The van der Waals surface area contributed by atoms with Gasteiger partial charge in [0, 0.05) is 0 Å². The second-order valence-electron chi connectivity index (χ2n) is 0.977. The summed E-state index contributed by atoms with van der Waals surface area (Å²) in [5, 5.41) is 16.4. The van der Waals surface area contributed by atoms with Crippen LogP contribution in [0.5, 0.6) is 0 Å². The van der Waals surface area contributed by atoms with Crippen molar-refractivity contribution < 1.29 is 9.52 Å². The molecule has 1 heterocycles. The minimum Gasteiger partial charge on any atom is -0.425 e. The Morgan fingerprint density at radius 1 is 1.86 bits per heavy atom. The molecule has 0 saturated carbocycles. The first-order valence-corrected chi connectivity index (χ1v) is 1.76. The molecule has 7 heavy (non-hydrogen) atoms. The maximum absolute atomic E-state index is 9.80. The third kappa shape index (κ3) is 0.747. The highest BCUT2D eigenvalue weighted by Gasteiger charge is 1.91. The van der Waals surface area contributed by atoms with Gasteiger partial charge in [0.05, 0.1) is 0 Å².